The molecule has 0 aliphatic heterocycles. The van der Waals surface area contributed by atoms with Gasteiger partial charge in [0.05, 0.1) is 0 Å². The molecule has 0 saturated carbocycles. The van der Waals surface area contributed by atoms with E-state index in [1.165, 1.54) is 19.3 Å². The molecule has 68 valence electrons. The van der Waals surface area contributed by atoms with Crippen molar-refractivity contribution in [3.05, 3.63) is 0 Å². The summed E-state index contributed by atoms with van der Waals surface area (Å²) < 4.78 is 0. The average Bonchev–Trinajstić information content (AvgIpc) is 2.06. The minimum absolute atomic E-state index is 0.517. The van der Waals surface area contributed by atoms with Crippen LogP contribution in [0.1, 0.15) is 47.0 Å². The lowest BCUT2D eigenvalue weighted by molar-refractivity contribution is 0.199. The van der Waals surface area contributed by atoms with Crippen molar-refractivity contribution >= 4 is 15.9 Å². The zero-order chi connectivity index (χ0) is 8.91. The van der Waals surface area contributed by atoms with Crippen LogP contribution in [-0.4, -0.2) is 5.33 Å². The van der Waals surface area contributed by atoms with Gasteiger partial charge in [0.25, 0.3) is 0 Å². The Bertz CT molecular complexity index is 91.0. The van der Waals surface area contributed by atoms with Crippen LogP contribution < -0.4 is 0 Å². The second kappa shape index (κ2) is 5.18. The van der Waals surface area contributed by atoms with Gasteiger partial charge in [-0.15, -0.1) is 0 Å². The molecule has 11 heavy (non-hydrogen) atoms. The molecule has 0 heterocycles. The molecule has 1 atom stereocenters. The van der Waals surface area contributed by atoms with E-state index in [1.54, 1.807) is 0 Å². The third-order valence-corrected chi connectivity index (χ3v) is 4.37. The first kappa shape index (κ1) is 11.5. The van der Waals surface area contributed by atoms with E-state index >= 15 is 0 Å². The number of rotatable bonds is 5. The highest BCUT2D eigenvalue weighted by Crippen LogP contribution is 2.37. The first-order valence-electron chi connectivity index (χ1n) is 4.70. The Morgan fingerprint density at radius 3 is 1.73 bits per heavy atom. The molecule has 1 heteroatoms. The van der Waals surface area contributed by atoms with Crippen molar-refractivity contribution < 1.29 is 0 Å². The molecule has 0 aromatic heterocycles. The van der Waals surface area contributed by atoms with Gasteiger partial charge in [-0.25, -0.2) is 0 Å². The van der Waals surface area contributed by atoms with E-state index in [1.807, 2.05) is 0 Å². The van der Waals surface area contributed by atoms with Crippen molar-refractivity contribution in [2.24, 2.45) is 11.3 Å². The van der Waals surface area contributed by atoms with Gasteiger partial charge in [0.2, 0.25) is 0 Å². The molecular formula is C10H21Br. The summed E-state index contributed by atoms with van der Waals surface area (Å²) in [7, 11) is 0. The van der Waals surface area contributed by atoms with E-state index in [0.717, 1.165) is 11.2 Å². The third-order valence-electron chi connectivity index (χ3n) is 3.08. The van der Waals surface area contributed by atoms with E-state index in [9.17, 15) is 0 Å². The van der Waals surface area contributed by atoms with Crippen molar-refractivity contribution in [2.75, 3.05) is 5.33 Å². The minimum Gasteiger partial charge on any atom is -0.0922 e. The lowest BCUT2D eigenvalue weighted by atomic mass is 9.74. The fourth-order valence-electron chi connectivity index (χ4n) is 1.77. The molecule has 0 amide bonds. The van der Waals surface area contributed by atoms with Crippen LogP contribution in [-0.2, 0) is 0 Å². The maximum Gasteiger partial charge on any atom is 0.00878 e. The van der Waals surface area contributed by atoms with Crippen molar-refractivity contribution in [1.29, 1.82) is 0 Å². The van der Waals surface area contributed by atoms with Crippen LogP contribution in [0.4, 0.5) is 0 Å². The fraction of sp³-hybridized carbons (Fsp3) is 1.00. The molecule has 1 unspecified atom stereocenters. The average molecular weight is 221 g/mol. The van der Waals surface area contributed by atoms with Gasteiger partial charge in [-0.05, 0) is 17.8 Å². The molecule has 0 aliphatic rings. The van der Waals surface area contributed by atoms with Crippen LogP contribution in [0, 0.1) is 11.3 Å². The minimum atomic E-state index is 0.517. The Hall–Kier alpha value is 0.480. The molecule has 0 bridgehead atoms. The van der Waals surface area contributed by atoms with Crippen LogP contribution >= 0.6 is 15.9 Å². The molecule has 0 aliphatic carbocycles. The zero-order valence-electron chi connectivity index (χ0n) is 8.28. The Balaban J connectivity index is 4.19. The van der Waals surface area contributed by atoms with Gasteiger partial charge in [0.1, 0.15) is 0 Å². The highest BCUT2D eigenvalue weighted by Gasteiger charge is 2.28. The molecule has 0 radical (unpaired) electrons. The molecule has 0 N–H and O–H groups in total. The SMILES string of the molecule is CCC(CC)C(C)(CC)CBr. The maximum absolute atomic E-state index is 3.61. The summed E-state index contributed by atoms with van der Waals surface area (Å²) in [6.07, 6.45) is 3.91. The third kappa shape index (κ3) is 2.77. The van der Waals surface area contributed by atoms with Gasteiger partial charge in [-0.3, -0.25) is 0 Å². The Morgan fingerprint density at radius 2 is 1.64 bits per heavy atom. The predicted molar refractivity (Wildman–Crippen MR) is 56.3 cm³/mol. The summed E-state index contributed by atoms with van der Waals surface area (Å²) in [5, 5.41) is 1.14. The summed E-state index contributed by atoms with van der Waals surface area (Å²) in [6, 6.07) is 0. The van der Waals surface area contributed by atoms with Crippen molar-refractivity contribution in [2.45, 2.75) is 47.0 Å². The van der Waals surface area contributed by atoms with Gasteiger partial charge >= 0.3 is 0 Å². The van der Waals surface area contributed by atoms with E-state index in [-0.39, 0.29) is 0 Å². The highest BCUT2D eigenvalue weighted by molar-refractivity contribution is 9.09. The smallest absolute Gasteiger partial charge is 0.00878 e. The van der Waals surface area contributed by atoms with E-state index < -0.39 is 0 Å². The van der Waals surface area contributed by atoms with Crippen LogP contribution in [0.2, 0.25) is 0 Å². The van der Waals surface area contributed by atoms with Crippen molar-refractivity contribution in [1.82, 2.24) is 0 Å². The summed E-state index contributed by atoms with van der Waals surface area (Å²) >= 11 is 3.61. The maximum atomic E-state index is 3.61. The van der Waals surface area contributed by atoms with Crippen LogP contribution in [0.3, 0.4) is 0 Å². The standard InChI is InChI=1S/C10H21Br/c1-5-9(6-2)10(4,7-3)8-11/h9H,5-8H2,1-4H3. The van der Waals surface area contributed by atoms with Crippen LogP contribution in [0.15, 0.2) is 0 Å². The summed E-state index contributed by atoms with van der Waals surface area (Å²) in [4.78, 5) is 0. The second-order valence-corrected chi connectivity index (χ2v) is 4.22. The second-order valence-electron chi connectivity index (χ2n) is 3.65. The van der Waals surface area contributed by atoms with Gasteiger partial charge in [0, 0.05) is 5.33 Å². The number of hydrogen-bond acceptors (Lipinski definition) is 0. The van der Waals surface area contributed by atoms with E-state index in [4.69, 9.17) is 0 Å². The fourth-order valence-corrected chi connectivity index (χ4v) is 2.62. The first-order chi connectivity index (χ1) is 5.14. The normalized spacial score (nSPS) is 16.9. The summed E-state index contributed by atoms with van der Waals surface area (Å²) in [6.45, 7) is 9.27. The molecule has 0 fully saturated rings. The van der Waals surface area contributed by atoms with Gasteiger partial charge in [-0.1, -0.05) is 56.5 Å². The largest absolute Gasteiger partial charge is 0.0922 e. The topological polar surface area (TPSA) is 0 Å². The van der Waals surface area contributed by atoms with Gasteiger partial charge in [0.15, 0.2) is 0 Å². The lowest BCUT2D eigenvalue weighted by Crippen LogP contribution is -2.27. The Kier molecular flexibility index (Phi) is 5.41. The van der Waals surface area contributed by atoms with Crippen molar-refractivity contribution in [3.8, 4) is 0 Å². The first-order valence-corrected chi connectivity index (χ1v) is 5.82. The summed E-state index contributed by atoms with van der Waals surface area (Å²) in [5.74, 6) is 0.881. The van der Waals surface area contributed by atoms with E-state index in [0.29, 0.717) is 5.41 Å². The molecule has 0 rings (SSSR count). The monoisotopic (exact) mass is 220 g/mol. The molecule has 0 spiro atoms. The van der Waals surface area contributed by atoms with Crippen molar-refractivity contribution in [3.63, 3.8) is 0 Å². The highest BCUT2D eigenvalue weighted by atomic mass is 79.9. The molecule has 0 nitrogen and oxygen atoms in total. The molecule has 0 aromatic rings. The Morgan fingerprint density at radius 1 is 1.18 bits per heavy atom. The molecule has 0 saturated heterocycles. The summed E-state index contributed by atoms with van der Waals surface area (Å²) in [5.41, 5.74) is 0.517. The number of hydrogen-bond donors (Lipinski definition) is 0. The molecular weight excluding hydrogens is 200 g/mol. The lowest BCUT2D eigenvalue weighted by Gasteiger charge is -2.34. The van der Waals surface area contributed by atoms with Crippen LogP contribution in [0.25, 0.3) is 0 Å². The van der Waals surface area contributed by atoms with Gasteiger partial charge < -0.3 is 0 Å². The molecule has 0 aromatic carbocycles. The number of alkyl halides is 1. The predicted octanol–water partition coefficient (Wildman–Crippen LogP) is 4.23. The van der Waals surface area contributed by atoms with Crippen LogP contribution in [0.5, 0.6) is 0 Å². The zero-order valence-corrected chi connectivity index (χ0v) is 9.87. The van der Waals surface area contributed by atoms with E-state index in [2.05, 4.69) is 43.6 Å². The van der Waals surface area contributed by atoms with Gasteiger partial charge in [-0.2, -0.15) is 0 Å². The quantitative estimate of drug-likeness (QED) is 0.609. The Labute approximate surface area is 79.9 Å². The number of halogens is 1.